The highest BCUT2D eigenvalue weighted by atomic mass is 79.9. The Labute approximate surface area is 95.7 Å². The minimum Gasteiger partial charge on any atom is -0.508 e. The summed E-state index contributed by atoms with van der Waals surface area (Å²) >= 11 is 3.24. The van der Waals surface area contributed by atoms with E-state index in [-0.39, 0.29) is 11.6 Å². The second-order valence-corrected chi connectivity index (χ2v) is 4.21. The van der Waals surface area contributed by atoms with Crippen molar-refractivity contribution in [3.63, 3.8) is 0 Å². The van der Waals surface area contributed by atoms with Gasteiger partial charge in [-0.05, 0) is 51.5 Å². The lowest BCUT2D eigenvalue weighted by Crippen LogP contribution is -1.88. The number of phenolic OH excluding ortho intramolecular Hbond substituents is 1. The lowest BCUT2D eigenvalue weighted by atomic mass is 10.0. The largest absolute Gasteiger partial charge is 0.508 e. The lowest BCUT2D eigenvalue weighted by Gasteiger charge is -2.08. The summed E-state index contributed by atoms with van der Waals surface area (Å²) in [6.45, 7) is 1.98. The van der Waals surface area contributed by atoms with Gasteiger partial charge in [0.15, 0.2) is 0 Å². The summed E-state index contributed by atoms with van der Waals surface area (Å²) in [6.07, 6.45) is 0.757. The number of rotatable bonds is 1. The number of fused-ring (bicyclic) bond motifs is 1. The molecule has 2 aromatic rings. The number of hydrogen-bond acceptors (Lipinski definition) is 1. The Kier molecular flexibility index (Phi) is 2.65. The zero-order valence-electron chi connectivity index (χ0n) is 8.22. The Morgan fingerprint density at radius 1 is 1.33 bits per heavy atom. The zero-order valence-corrected chi connectivity index (χ0v) is 9.81. The third kappa shape index (κ3) is 1.72. The molecule has 0 bridgehead atoms. The van der Waals surface area contributed by atoms with Crippen molar-refractivity contribution in [1.82, 2.24) is 0 Å². The van der Waals surface area contributed by atoms with E-state index in [1.165, 1.54) is 6.07 Å². The van der Waals surface area contributed by atoms with E-state index in [1.807, 2.05) is 6.92 Å². The molecule has 2 rings (SSSR count). The van der Waals surface area contributed by atoms with E-state index in [1.54, 1.807) is 18.2 Å². The summed E-state index contributed by atoms with van der Waals surface area (Å²) in [5.74, 6) is -0.0549. The summed E-state index contributed by atoms with van der Waals surface area (Å²) < 4.78 is 13.8. The number of halogens is 2. The van der Waals surface area contributed by atoms with Crippen molar-refractivity contribution in [3.05, 3.63) is 40.1 Å². The molecule has 0 aliphatic heterocycles. The molecule has 15 heavy (non-hydrogen) atoms. The first-order valence-electron chi connectivity index (χ1n) is 4.73. The lowest BCUT2D eigenvalue weighted by molar-refractivity contribution is 0.475. The van der Waals surface area contributed by atoms with E-state index in [0.717, 1.165) is 22.8 Å². The van der Waals surface area contributed by atoms with Crippen LogP contribution in [0.4, 0.5) is 4.39 Å². The van der Waals surface area contributed by atoms with Gasteiger partial charge in [0.1, 0.15) is 11.6 Å². The molecule has 1 N–H and O–H groups in total. The average Bonchev–Trinajstić information content (AvgIpc) is 2.22. The highest BCUT2D eigenvalue weighted by molar-refractivity contribution is 9.10. The zero-order chi connectivity index (χ0) is 11.0. The molecule has 2 aromatic carbocycles. The third-order valence-corrected chi connectivity index (χ3v) is 3.23. The number of aromatic hydroxyl groups is 1. The summed E-state index contributed by atoms with van der Waals surface area (Å²) in [4.78, 5) is 0. The Hall–Kier alpha value is -1.09. The standard InChI is InChI=1S/C12H10BrFO/c1-2-7-5-9(15)6-8-3-4-10(14)12(13)11(7)8/h3-6,15H,2H2,1H3. The molecule has 0 radical (unpaired) electrons. The van der Waals surface area contributed by atoms with E-state index < -0.39 is 0 Å². The van der Waals surface area contributed by atoms with Crippen LogP contribution in [-0.4, -0.2) is 5.11 Å². The Morgan fingerprint density at radius 3 is 2.73 bits per heavy atom. The van der Waals surface area contributed by atoms with Crippen LogP contribution < -0.4 is 0 Å². The van der Waals surface area contributed by atoms with Crippen molar-refractivity contribution in [2.45, 2.75) is 13.3 Å². The second kappa shape index (κ2) is 3.81. The van der Waals surface area contributed by atoms with Gasteiger partial charge >= 0.3 is 0 Å². The van der Waals surface area contributed by atoms with Gasteiger partial charge in [-0.3, -0.25) is 0 Å². The second-order valence-electron chi connectivity index (χ2n) is 3.42. The van der Waals surface area contributed by atoms with Crippen LogP contribution in [0, 0.1) is 5.82 Å². The fourth-order valence-electron chi connectivity index (χ4n) is 1.74. The molecular formula is C12H10BrFO. The predicted octanol–water partition coefficient (Wildman–Crippen LogP) is 4.01. The number of hydrogen-bond donors (Lipinski definition) is 1. The van der Waals surface area contributed by atoms with Crippen LogP contribution in [0.25, 0.3) is 10.8 Å². The van der Waals surface area contributed by atoms with E-state index in [2.05, 4.69) is 15.9 Å². The van der Waals surface area contributed by atoms with Crippen LogP contribution in [0.15, 0.2) is 28.7 Å². The van der Waals surface area contributed by atoms with Gasteiger partial charge in [0, 0.05) is 5.39 Å². The van der Waals surface area contributed by atoms with E-state index in [9.17, 15) is 9.50 Å². The molecule has 0 aliphatic rings. The van der Waals surface area contributed by atoms with Crippen LogP contribution >= 0.6 is 15.9 Å². The topological polar surface area (TPSA) is 20.2 Å². The maximum atomic E-state index is 13.4. The van der Waals surface area contributed by atoms with Crippen molar-refractivity contribution in [2.24, 2.45) is 0 Å². The number of phenols is 1. The molecule has 0 heterocycles. The smallest absolute Gasteiger partial charge is 0.138 e. The van der Waals surface area contributed by atoms with E-state index in [4.69, 9.17) is 0 Å². The molecule has 3 heteroatoms. The number of aryl methyl sites for hydroxylation is 1. The van der Waals surface area contributed by atoms with Crippen molar-refractivity contribution in [3.8, 4) is 5.75 Å². The van der Waals surface area contributed by atoms with Gasteiger partial charge in [-0.25, -0.2) is 4.39 Å². The summed E-state index contributed by atoms with van der Waals surface area (Å²) in [6, 6.07) is 6.38. The third-order valence-electron chi connectivity index (χ3n) is 2.45. The fourth-order valence-corrected chi connectivity index (χ4v) is 2.36. The molecule has 0 atom stereocenters. The minimum atomic E-state index is -0.275. The van der Waals surface area contributed by atoms with Gasteiger partial charge in [0.25, 0.3) is 0 Å². The van der Waals surface area contributed by atoms with Gasteiger partial charge in [-0.2, -0.15) is 0 Å². The fraction of sp³-hybridized carbons (Fsp3) is 0.167. The summed E-state index contributed by atoms with van der Waals surface area (Å²) in [5, 5.41) is 11.2. The van der Waals surface area contributed by atoms with E-state index in [0.29, 0.717) is 4.47 Å². The molecule has 0 unspecified atom stereocenters. The summed E-state index contributed by atoms with van der Waals surface area (Å²) in [7, 11) is 0. The summed E-state index contributed by atoms with van der Waals surface area (Å²) in [5.41, 5.74) is 0.941. The Morgan fingerprint density at radius 2 is 2.07 bits per heavy atom. The van der Waals surface area contributed by atoms with Crippen molar-refractivity contribution in [1.29, 1.82) is 0 Å². The van der Waals surface area contributed by atoms with Crippen LogP contribution in [0.1, 0.15) is 12.5 Å². The molecular weight excluding hydrogens is 259 g/mol. The van der Waals surface area contributed by atoms with E-state index >= 15 is 0 Å². The van der Waals surface area contributed by atoms with Crippen LogP contribution in [-0.2, 0) is 6.42 Å². The molecule has 0 amide bonds. The molecule has 0 aliphatic carbocycles. The minimum absolute atomic E-state index is 0.220. The monoisotopic (exact) mass is 268 g/mol. The maximum Gasteiger partial charge on any atom is 0.138 e. The first-order chi connectivity index (χ1) is 7.13. The molecule has 78 valence electrons. The van der Waals surface area contributed by atoms with Gasteiger partial charge < -0.3 is 5.11 Å². The molecule has 0 spiro atoms. The average molecular weight is 269 g/mol. The van der Waals surface area contributed by atoms with Crippen LogP contribution in [0.5, 0.6) is 5.75 Å². The maximum absolute atomic E-state index is 13.4. The van der Waals surface area contributed by atoms with Gasteiger partial charge in [0.05, 0.1) is 4.47 Å². The quantitative estimate of drug-likeness (QED) is 0.829. The number of benzene rings is 2. The normalized spacial score (nSPS) is 10.9. The molecule has 1 nitrogen and oxygen atoms in total. The Bertz CT molecular complexity index is 523. The van der Waals surface area contributed by atoms with Gasteiger partial charge in [-0.15, -0.1) is 0 Å². The van der Waals surface area contributed by atoms with Crippen molar-refractivity contribution < 1.29 is 9.50 Å². The highest BCUT2D eigenvalue weighted by Gasteiger charge is 2.09. The molecule has 0 fully saturated rings. The van der Waals surface area contributed by atoms with Crippen molar-refractivity contribution in [2.75, 3.05) is 0 Å². The van der Waals surface area contributed by atoms with Crippen LogP contribution in [0.2, 0.25) is 0 Å². The first kappa shape index (κ1) is 10.4. The highest BCUT2D eigenvalue weighted by Crippen LogP contribution is 2.32. The SMILES string of the molecule is CCc1cc(O)cc2ccc(F)c(Br)c12. The van der Waals surface area contributed by atoms with Crippen LogP contribution in [0.3, 0.4) is 0 Å². The first-order valence-corrected chi connectivity index (χ1v) is 5.52. The molecule has 0 aromatic heterocycles. The van der Waals surface area contributed by atoms with Crippen molar-refractivity contribution >= 4 is 26.7 Å². The van der Waals surface area contributed by atoms with Gasteiger partial charge in [0.2, 0.25) is 0 Å². The Balaban J connectivity index is 2.91. The van der Waals surface area contributed by atoms with Gasteiger partial charge in [-0.1, -0.05) is 13.0 Å². The molecule has 0 saturated carbocycles. The predicted molar refractivity (Wildman–Crippen MR) is 62.6 cm³/mol. The molecule has 0 saturated heterocycles.